The van der Waals surface area contributed by atoms with E-state index < -0.39 is 17.6 Å². The summed E-state index contributed by atoms with van der Waals surface area (Å²) in [6.07, 6.45) is 2.11. The van der Waals surface area contributed by atoms with Crippen molar-refractivity contribution in [2.75, 3.05) is 17.7 Å². The number of anilines is 2. The monoisotopic (exact) mass is 386 g/mol. The zero-order chi connectivity index (χ0) is 20.7. The lowest BCUT2D eigenvalue weighted by Gasteiger charge is -2.20. The van der Waals surface area contributed by atoms with E-state index in [1.165, 1.54) is 31.4 Å². The average molecular weight is 386 g/mol. The van der Waals surface area contributed by atoms with Gasteiger partial charge in [-0.15, -0.1) is 0 Å². The molecule has 2 amide bonds. The van der Waals surface area contributed by atoms with Gasteiger partial charge in [-0.2, -0.15) is 0 Å². The predicted molar refractivity (Wildman–Crippen MR) is 107 cm³/mol. The van der Waals surface area contributed by atoms with E-state index in [0.717, 1.165) is 0 Å². The topological polar surface area (TPSA) is 76.7 Å². The molecule has 0 aliphatic heterocycles. The second kappa shape index (κ2) is 9.03. The number of nitrogens with one attached hydrogen (secondary N) is 2. The first-order valence-corrected chi connectivity index (χ1v) is 8.59. The van der Waals surface area contributed by atoms with Crippen molar-refractivity contribution in [3.63, 3.8) is 0 Å². The van der Waals surface area contributed by atoms with Gasteiger partial charge in [0.15, 0.2) is 0 Å². The van der Waals surface area contributed by atoms with Crippen molar-refractivity contribution in [1.29, 1.82) is 0 Å². The predicted octanol–water partition coefficient (Wildman–Crippen LogP) is 4.83. The van der Waals surface area contributed by atoms with Gasteiger partial charge < -0.3 is 14.8 Å². The Labute approximate surface area is 163 Å². The van der Waals surface area contributed by atoms with Crippen LogP contribution in [-0.2, 0) is 9.53 Å². The van der Waals surface area contributed by atoms with Crippen molar-refractivity contribution >= 4 is 29.5 Å². The maximum Gasteiger partial charge on any atom is 0.412 e. The number of benzene rings is 2. The quantitative estimate of drug-likeness (QED) is 0.722. The number of ether oxygens (including phenoxy) is 2. The largest absolute Gasteiger partial charge is 0.497 e. The molecule has 0 bridgehead atoms. The van der Waals surface area contributed by atoms with Gasteiger partial charge in [0, 0.05) is 12.1 Å². The van der Waals surface area contributed by atoms with E-state index in [1.807, 2.05) is 0 Å². The van der Waals surface area contributed by atoms with Crippen LogP contribution in [0.25, 0.3) is 6.08 Å². The molecule has 6 nitrogen and oxygen atoms in total. The van der Waals surface area contributed by atoms with E-state index in [4.69, 9.17) is 9.47 Å². The molecule has 0 saturated heterocycles. The Morgan fingerprint density at radius 2 is 1.79 bits per heavy atom. The third-order valence-corrected chi connectivity index (χ3v) is 3.40. The fourth-order valence-electron chi connectivity index (χ4n) is 2.23. The fraction of sp³-hybridized carbons (Fsp3) is 0.238. The van der Waals surface area contributed by atoms with E-state index in [-0.39, 0.29) is 5.82 Å². The van der Waals surface area contributed by atoms with Crippen molar-refractivity contribution in [2.24, 2.45) is 0 Å². The number of methoxy groups -OCH3 is 1. The molecule has 0 aliphatic carbocycles. The van der Waals surface area contributed by atoms with Gasteiger partial charge in [0.1, 0.15) is 17.2 Å². The molecule has 0 heterocycles. The first kappa shape index (κ1) is 21.0. The molecule has 0 saturated carbocycles. The first-order chi connectivity index (χ1) is 13.2. The number of carbonyl (C=O) groups is 2. The highest BCUT2D eigenvalue weighted by Gasteiger charge is 2.18. The highest BCUT2D eigenvalue weighted by Crippen LogP contribution is 2.27. The second-order valence-corrected chi connectivity index (χ2v) is 6.92. The van der Waals surface area contributed by atoms with Crippen LogP contribution < -0.4 is 15.4 Å². The molecule has 0 atom stereocenters. The molecule has 0 radical (unpaired) electrons. The van der Waals surface area contributed by atoms with Gasteiger partial charge in [-0.25, -0.2) is 9.18 Å². The second-order valence-electron chi connectivity index (χ2n) is 6.92. The zero-order valence-corrected chi connectivity index (χ0v) is 16.2. The number of hydrogen-bond donors (Lipinski definition) is 2. The summed E-state index contributed by atoms with van der Waals surface area (Å²) < 4.78 is 23.6. The van der Waals surface area contributed by atoms with E-state index in [9.17, 15) is 14.0 Å². The van der Waals surface area contributed by atoms with Crippen molar-refractivity contribution in [1.82, 2.24) is 0 Å². The number of carbonyl (C=O) groups excluding carboxylic acids is 2. The summed E-state index contributed by atoms with van der Waals surface area (Å²) in [4.78, 5) is 24.3. The van der Waals surface area contributed by atoms with Gasteiger partial charge in [0.2, 0.25) is 5.91 Å². The minimum atomic E-state index is -0.659. The van der Waals surface area contributed by atoms with Gasteiger partial charge in [0.05, 0.1) is 18.5 Å². The lowest BCUT2D eigenvalue weighted by Crippen LogP contribution is -2.27. The van der Waals surface area contributed by atoms with Crippen LogP contribution in [0.5, 0.6) is 5.75 Å². The molecule has 0 aromatic heterocycles. The van der Waals surface area contributed by atoms with Gasteiger partial charge in [-0.3, -0.25) is 10.1 Å². The number of amides is 2. The third kappa shape index (κ3) is 6.75. The molecule has 2 rings (SSSR count). The standard InChI is InChI=1S/C21H23FN2O4/c1-21(2,3)28-20(26)24-17-10-9-16(27-4)13-18(17)23-19(25)11-8-14-6-5-7-15(22)12-14/h5-13H,1-4H3,(H,23,25)(H,24,26)/b11-8+. The Morgan fingerprint density at radius 3 is 2.43 bits per heavy atom. The Balaban J connectivity index is 2.16. The van der Waals surface area contributed by atoms with Crippen LogP contribution in [0, 0.1) is 5.82 Å². The third-order valence-electron chi connectivity index (χ3n) is 3.40. The smallest absolute Gasteiger partial charge is 0.412 e. The van der Waals surface area contributed by atoms with Crippen LogP contribution in [-0.4, -0.2) is 24.7 Å². The molecule has 0 unspecified atom stereocenters. The fourth-order valence-corrected chi connectivity index (χ4v) is 2.23. The molecule has 28 heavy (non-hydrogen) atoms. The van der Waals surface area contributed by atoms with Gasteiger partial charge >= 0.3 is 6.09 Å². The maximum absolute atomic E-state index is 13.2. The highest BCUT2D eigenvalue weighted by atomic mass is 19.1. The maximum atomic E-state index is 13.2. The molecule has 7 heteroatoms. The van der Waals surface area contributed by atoms with Gasteiger partial charge in [0.25, 0.3) is 0 Å². The Kier molecular flexibility index (Phi) is 6.76. The molecule has 0 aliphatic rings. The summed E-state index contributed by atoms with van der Waals surface area (Å²) in [6.45, 7) is 5.25. The molecule has 2 N–H and O–H groups in total. The van der Waals surface area contributed by atoms with Crippen LogP contribution in [0.2, 0.25) is 0 Å². The van der Waals surface area contributed by atoms with Gasteiger partial charge in [-0.1, -0.05) is 12.1 Å². The molecule has 2 aromatic rings. The van der Waals surface area contributed by atoms with Crippen LogP contribution in [0.1, 0.15) is 26.3 Å². The van der Waals surface area contributed by atoms with Crippen LogP contribution >= 0.6 is 0 Å². The van der Waals surface area contributed by atoms with Crippen LogP contribution in [0.15, 0.2) is 48.5 Å². The summed E-state index contributed by atoms with van der Waals surface area (Å²) >= 11 is 0. The van der Waals surface area contributed by atoms with Crippen LogP contribution in [0.3, 0.4) is 0 Å². The lowest BCUT2D eigenvalue weighted by atomic mass is 10.2. The van der Waals surface area contributed by atoms with E-state index in [2.05, 4.69) is 10.6 Å². The average Bonchev–Trinajstić information content (AvgIpc) is 2.60. The molecule has 148 valence electrons. The Morgan fingerprint density at radius 1 is 1.04 bits per heavy atom. The first-order valence-electron chi connectivity index (χ1n) is 8.59. The number of rotatable bonds is 5. The molecule has 0 spiro atoms. The van der Waals surface area contributed by atoms with Crippen molar-refractivity contribution in [3.8, 4) is 5.75 Å². The van der Waals surface area contributed by atoms with Crippen molar-refractivity contribution in [3.05, 3.63) is 59.9 Å². The van der Waals surface area contributed by atoms with E-state index in [1.54, 1.807) is 51.1 Å². The number of hydrogen-bond acceptors (Lipinski definition) is 4. The SMILES string of the molecule is COc1ccc(NC(=O)OC(C)(C)C)c(NC(=O)/C=C/c2cccc(F)c2)c1. The summed E-state index contributed by atoms with van der Waals surface area (Å²) in [5, 5.41) is 5.27. The van der Waals surface area contributed by atoms with Gasteiger partial charge in [-0.05, 0) is 56.7 Å². The molecule has 2 aromatic carbocycles. The zero-order valence-electron chi connectivity index (χ0n) is 16.2. The highest BCUT2D eigenvalue weighted by molar-refractivity contribution is 6.05. The summed E-state index contributed by atoms with van der Waals surface area (Å²) in [6, 6.07) is 10.7. The van der Waals surface area contributed by atoms with Crippen molar-refractivity contribution in [2.45, 2.75) is 26.4 Å². The Bertz CT molecular complexity index is 888. The summed E-state index contributed by atoms with van der Waals surface area (Å²) in [7, 11) is 1.49. The Hall–Kier alpha value is -3.35. The summed E-state index contributed by atoms with van der Waals surface area (Å²) in [5.74, 6) is -0.344. The van der Waals surface area contributed by atoms with E-state index >= 15 is 0 Å². The van der Waals surface area contributed by atoms with Crippen molar-refractivity contribution < 1.29 is 23.5 Å². The molecule has 0 fully saturated rings. The molecular formula is C21H23FN2O4. The van der Waals surface area contributed by atoms with E-state index in [0.29, 0.717) is 22.7 Å². The summed E-state index contributed by atoms with van der Waals surface area (Å²) in [5.41, 5.74) is 0.572. The minimum Gasteiger partial charge on any atom is -0.497 e. The normalized spacial score (nSPS) is 11.2. The van der Waals surface area contributed by atoms with Crippen LogP contribution in [0.4, 0.5) is 20.6 Å². The minimum absolute atomic E-state index is 0.333. The molecular weight excluding hydrogens is 363 g/mol. The lowest BCUT2D eigenvalue weighted by molar-refractivity contribution is -0.111. The number of halogens is 1.